The molecule has 0 aliphatic carbocycles. The highest BCUT2D eigenvalue weighted by atomic mass is 32.1. The van der Waals surface area contributed by atoms with Crippen molar-refractivity contribution in [2.24, 2.45) is 11.8 Å². The van der Waals surface area contributed by atoms with Gasteiger partial charge in [-0.2, -0.15) is 0 Å². The zero-order valence-electron chi connectivity index (χ0n) is 14.7. The molecule has 1 aromatic heterocycles. The molecule has 2 amide bonds. The Kier molecular flexibility index (Phi) is 3.91. The predicted molar refractivity (Wildman–Crippen MR) is 102 cm³/mol. The number of rotatable bonds is 5. The Labute approximate surface area is 161 Å². The molecule has 0 saturated carbocycles. The number of hydrogen-bond donors (Lipinski definition) is 1. The van der Waals surface area contributed by atoms with Gasteiger partial charge >= 0.3 is 0 Å². The first-order chi connectivity index (χ1) is 13.2. The van der Waals surface area contributed by atoms with Crippen molar-refractivity contribution < 1.29 is 14.3 Å². The molecule has 1 N–H and O–H groups in total. The Hall–Kier alpha value is -2.44. The van der Waals surface area contributed by atoms with Gasteiger partial charge in [0.2, 0.25) is 11.8 Å². The molecule has 2 bridgehead atoms. The molecule has 138 valence electrons. The van der Waals surface area contributed by atoms with Crippen LogP contribution in [0.5, 0.6) is 0 Å². The van der Waals surface area contributed by atoms with Crippen LogP contribution in [0.1, 0.15) is 10.4 Å². The monoisotopic (exact) mass is 380 g/mol. The average molecular weight is 380 g/mol. The number of nitrogens with zero attached hydrogens (tertiary/aromatic N) is 1. The van der Waals surface area contributed by atoms with Gasteiger partial charge in [0.05, 0.1) is 31.0 Å². The highest BCUT2D eigenvalue weighted by Gasteiger charge is 2.66. The fraction of sp³-hybridized carbons (Fsp3) is 0.333. The minimum absolute atomic E-state index is 0.0233. The van der Waals surface area contributed by atoms with Crippen LogP contribution < -0.4 is 5.32 Å². The second-order valence-corrected chi connectivity index (χ2v) is 8.41. The minimum Gasteiger partial charge on any atom is -0.360 e. The molecular formula is C21H20N2O3S. The summed E-state index contributed by atoms with van der Waals surface area (Å²) in [6.07, 6.45) is 3.64. The summed E-state index contributed by atoms with van der Waals surface area (Å²) < 4.78 is 6.16. The van der Waals surface area contributed by atoms with E-state index in [-0.39, 0.29) is 17.9 Å². The van der Waals surface area contributed by atoms with Crippen LogP contribution in [0.4, 0.5) is 0 Å². The molecule has 3 aliphatic heterocycles. The van der Waals surface area contributed by atoms with Crippen molar-refractivity contribution in [3.8, 4) is 0 Å². The molecule has 4 atom stereocenters. The van der Waals surface area contributed by atoms with Crippen LogP contribution >= 0.6 is 11.3 Å². The summed E-state index contributed by atoms with van der Waals surface area (Å²) in [6, 6.07) is 13.8. The maximum Gasteiger partial charge on any atom is 0.230 e. The summed E-state index contributed by atoms with van der Waals surface area (Å²) in [5.41, 5.74) is 0.394. The second-order valence-electron chi connectivity index (χ2n) is 7.38. The van der Waals surface area contributed by atoms with Gasteiger partial charge in [-0.05, 0) is 17.0 Å². The maximum atomic E-state index is 13.1. The zero-order valence-corrected chi connectivity index (χ0v) is 15.5. The third kappa shape index (κ3) is 2.71. The van der Waals surface area contributed by atoms with Crippen LogP contribution in [-0.4, -0.2) is 35.0 Å². The summed E-state index contributed by atoms with van der Waals surface area (Å²) in [6.45, 7) is 1.55. The van der Waals surface area contributed by atoms with Crippen molar-refractivity contribution in [1.29, 1.82) is 0 Å². The highest BCUT2D eigenvalue weighted by Crippen LogP contribution is 2.52. The van der Waals surface area contributed by atoms with Crippen molar-refractivity contribution in [1.82, 2.24) is 10.2 Å². The Balaban J connectivity index is 1.33. The van der Waals surface area contributed by atoms with E-state index in [4.69, 9.17) is 4.74 Å². The van der Waals surface area contributed by atoms with Gasteiger partial charge in [-0.3, -0.25) is 9.59 Å². The largest absolute Gasteiger partial charge is 0.360 e. The molecule has 5 rings (SSSR count). The Morgan fingerprint density at radius 2 is 2.11 bits per heavy atom. The number of thiophene rings is 1. The first-order valence-electron chi connectivity index (χ1n) is 9.16. The zero-order chi connectivity index (χ0) is 18.4. The normalized spacial score (nSPS) is 30.7. The van der Waals surface area contributed by atoms with Crippen LogP contribution in [0.25, 0.3) is 0 Å². The van der Waals surface area contributed by atoms with E-state index in [0.717, 1.165) is 10.4 Å². The molecule has 1 aromatic carbocycles. The molecule has 0 radical (unpaired) electrons. The van der Waals surface area contributed by atoms with E-state index in [1.54, 1.807) is 11.3 Å². The number of amides is 2. The van der Waals surface area contributed by atoms with E-state index in [9.17, 15) is 9.59 Å². The van der Waals surface area contributed by atoms with E-state index in [1.165, 1.54) is 0 Å². The lowest BCUT2D eigenvalue weighted by molar-refractivity contribution is -0.137. The third-order valence-corrected chi connectivity index (χ3v) is 6.58. The van der Waals surface area contributed by atoms with Gasteiger partial charge in [-0.15, -0.1) is 11.3 Å². The Bertz CT molecular complexity index is 895. The van der Waals surface area contributed by atoms with E-state index in [0.29, 0.717) is 19.6 Å². The third-order valence-electron chi connectivity index (χ3n) is 5.72. The van der Waals surface area contributed by atoms with E-state index >= 15 is 0 Å². The van der Waals surface area contributed by atoms with Gasteiger partial charge in [0.25, 0.3) is 0 Å². The minimum atomic E-state index is -0.645. The van der Waals surface area contributed by atoms with Crippen molar-refractivity contribution in [2.45, 2.75) is 24.8 Å². The number of hydrogen-bond acceptors (Lipinski definition) is 4. The highest BCUT2D eigenvalue weighted by molar-refractivity contribution is 7.09. The summed E-state index contributed by atoms with van der Waals surface area (Å²) >= 11 is 1.64. The lowest BCUT2D eigenvalue weighted by Crippen LogP contribution is -2.43. The maximum absolute atomic E-state index is 13.1. The number of ether oxygens (including phenoxy) is 1. The lowest BCUT2D eigenvalue weighted by Gasteiger charge is -2.23. The van der Waals surface area contributed by atoms with Crippen LogP contribution in [0.15, 0.2) is 60.0 Å². The van der Waals surface area contributed by atoms with Gasteiger partial charge in [-0.25, -0.2) is 0 Å². The van der Waals surface area contributed by atoms with Crippen LogP contribution in [-0.2, 0) is 27.4 Å². The summed E-state index contributed by atoms with van der Waals surface area (Å²) in [5, 5.41) is 5.01. The van der Waals surface area contributed by atoms with E-state index in [1.807, 2.05) is 64.9 Å². The standard InChI is InChI=1S/C21H20N2O3S/c24-19(22-11-14-5-2-1-3-6-14)17-16-8-9-21(26-16)13-23(20(25)18(17)21)12-15-7-4-10-27-15/h1-10,16-18H,11-13H2,(H,22,24). The smallest absolute Gasteiger partial charge is 0.230 e. The summed E-state index contributed by atoms with van der Waals surface area (Å²) in [4.78, 5) is 29.0. The van der Waals surface area contributed by atoms with Crippen LogP contribution in [0.3, 0.4) is 0 Å². The molecule has 4 heterocycles. The molecule has 3 aliphatic rings. The molecule has 6 heteroatoms. The Morgan fingerprint density at radius 1 is 1.26 bits per heavy atom. The van der Waals surface area contributed by atoms with Crippen molar-refractivity contribution in [3.63, 3.8) is 0 Å². The van der Waals surface area contributed by atoms with Crippen molar-refractivity contribution >= 4 is 23.2 Å². The van der Waals surface area contributed by atoms with Gasteiger partial charge in [0, 0.05) is 11.4 Å². The van der Waals surface area contributed by atoms with E-state index < -0.39 is 17.4 Å². The first-order valence-corrected chi connectivity index (χ1v) is 10.0. The number of carbonyl (C=O) groups is 2. The fourth-order valence-electron chi connectivity index (χ4n) is 4.51. The average Bonchev–Trinajstić information content (AvgIpc) is 3.44. The number of nitrogens with one attached hydrogen (secondary N) is 1. The molecule has 5 nitrogen and oxygen atoms in total. The van der Waals surface area contributed by atoms with Crippen LogP contribution in [0, 0.1) is 11.8 Å². The molecule has 2 aromatic rings. The first kappa shape index (κ1) is 16.7. The van der Waals surface area contributed by atoms with Gasteiger partial charge < -0.3 is 15.0 Å². The molecule has 1 spiro atoms. The quantitative estimate of drug-likeness (QED) is 0.810. The molecule has 2 fully saturated rings. The van der Waals surface area contributed by atoms with E-state index in [2.05, 4.69) is 5.32 Å². The number of benzene rings is 1. The number of carbonyl (C=O) groups excluding carboxylic acids is 2. The Morgan fingerprint density at radius 3 is 2.89 bits per heavy atom. The van der Waals surface area contributed by atoms with Crippen molar-refractivity contribution in [3.05, 3.63) is 70.4 Å². The number of fused-ring (bicyclic) bond motifs is 1. The summed E-state index contributed by atoms with van der Waals surface area (Å²) in [5.74, 6) is -0.968. The molecular weight excluding hydrogens is 360 g/mol. The van der Waals surface area contributed by atoms with Crippen molar-refractivity contribution in [2.75, 3.05) is 6.54 Å². The van der Waals surface area contributed by atoms with Crippen LogP contribution in [0.2, 0.25) is 0 Å². The summed E-state index contributed by atoms with van der Waals surface area (Å²) in [7, 11) is 0. The second kappa shape index (κ2) is 6.32. The molecule has 2 saturated heterocycles. The number of likely N-dealkylation sites (tertiary alicyclic amines) is 1. The predicted octanol–water partition coefficient (Wildman–Crippen LogP) is 2.35. The SMILES string of the molecule is O=C(NCc1ccccc1)C1C2C=CC3(CN(Cc4cccs4)C(=O)C13)O2. The topological polar surface area (TPSA) is 58.6 Å². The lowest BCUT2D eigenvalue weighted by atomic mass is 9.77. The van der Waals surface area contributed by atoms with Gasteiger partial charge in [-0.1, -0.05) is 48.6 Å². The fourth-order valence-corrected chi connectivity index (χ4v) is 5.22. The molecule has 27 heavy (non-hydrogen) atoms. The van der Waals surface area contributed by atoms with Gasteiger partial charge in [0.1, 0.15) is 5.60 Å². The molecule has 4 unspecified atom stereocenters. The van der Waals surface area contributed by atoms with Gasteiger partial charge in [0.15, 0.2) is 0 Å².